The maximum atomic E-state index is 11.6. The number of carbonyl (C=O) groups is 1. The summed E-state index contributed by atoms with van der Waals surface area (Å²) in [4.78, 5) is 15.7. The van der Waals surface area contributed by atoms with Crippen LogP contribution in [0.3, 0.4) is 0 Å². The van der Waals surface area contributed by atoms with Gasteiger partial charge in [-0.1, -0.05) is 6.08 Å². The Balaban J connectivity index is 2.49. The summed E-state index contributed by atoms with van der Waals surface area (Å²) in [5.41, 5.74) is 0.558. The molecule has 0 atom stereocenters. The zero-order valence-electron chi connectivity index (χ0n) is 9.90. The molecule has 0 saturated heterocycles. The number of aromatic nitrogens is 1. The summed E-state index contributed by atoms with van der Waals surface area (Å²) >= 11 is 1.77. The van der Waals surface area contributed by atoms with Gasteiger partial charge in [0.1, 0.15) is 5.82 Å². The zero-order valence-corrected chi connectivity index (χ0v) is 10.7. The van der Waals surface area contributed by atoms with Crippen molar-refractivity contribution in [1.82, 2.24) is 10.3 Å². The highest BCUT2D eigenvalue weighted by Crippen LogP contribution is 2.05. The molecule has 0 saturated carbocycles. The third-order valence-electron chi connectivity index (χ3n) is 2.04. The van der Waals surface area contributed by atoms with E-state index in [0.717, 1.165) is 18.1 Å². The Morgan fingerprint density at radius 3 is 3.00 bits per heavy atom. The lowest BCUT2D eigenvalue weighted by Crippen LogP contribution is -2.23. The summed E-state index contributed by atoms with van der Waals surface area (Å²) in [6.45, 7) is 4.88. The second-order valence-electron chi connectivity index (χ2n) is 3.35. The molecule has 17 heavy (non-hydrogen) atoms. The van der Waals surface area contributed by atoms with E-state index in [1.165, 1.54) is 0 Å². The van der Waals surface area contributed by atoms with Crippen molar-refractivity contribution in [2.75, 3.05) is 30.4 Å². The van der Waals surface area contributed by atoms with E-state index in [2.05, 4.69) is 28.5 Å². The Morgan fingerprint density at radius 2 is 2.41 bits per heavy atom. The Labute approximate surface area is 106 Å². The molecule has 0 spiro atoms. The molecule has 0 fully saturated rings. The molecule has 0 aliphatic heterocycles. The van der Waals surface area contributed by atoms with Crippen LogP contribution in [0.1, 0.15) is 10.4 Å². The van der Waals surface area contributed by atoms with E-state index in [0.29, 0.717) is 12.1 Å². The molecule has 1 amide bonds. The minimum Gasteiger partial charge on any atom is -0.369 e. The number of rotatable bonds is 7. The highest BCUT2D eigenvalue weighted by atomic mass is 32.2. The average molecular weight is 251 g/mol. The fourth-order valence-electron chi connectivity index (χ4n) is 1.18. The molecule has 0 aliphatic carbocycles. The molecule has 1 aromatic rings. The summed E-state index contributed by atoms with van der Waals surface area (Å²) in [6.07, 6.45) is 5.27. The van der Waals surface area contributed by atoms with Crippen molar-refractivity contribution in [3.8, 4) is 0 Å². The lowest BCUT2D eigenvalue weighted by molar-refractivity contribution is 0.0957. The number of nitrogens with one attached hydrogen (secondary N) is 2. The summed E-state index contributed by atoms with van der Waals surface area (Å²) in [7, 11) is 0. The second-order valence-corrected chi connectivity index (χ2v) is 4.34. The van der Waals surface area contributed by atoms with Crippen LogP contribution in [0.4, 0.5) is 5.82 Å². The van der Waals surface area contributed by atoms with Crippen LogP contribution in [0.5, 0.6) is 0 Å². The first-order valence-corrected chi connectivity index (χ1v) is 6.75. The molecule has 1 heterocycles. The highest BCUT2D eigenvalue weighted by Gasteiger charge is 2.04. The summed E-state index contributed by atoms with van der Waals surface area (Å²) in [5, 5.41) is 5.87. The Kier molecular flexibility index (Phi) is 6.17. The normalized spacial score (nSPS) is 9.71. The van der Waals surface area contributed by atoms with Crippen molar-refractivity contribution in [1.29, 1.82) is 0 Å². The lowest BCUT2D eigenvalue weighted by Gasteiger charge is -2.05. The predicted octanol–water partition coefficient (Wildman–Crippen LogP) is 1.77. The first-order valence-electron chi connectivity index (χ1n) is 5.36. The lowest BCUT2D eigenvalue weighted by atomic mass is 10.2. The van der Waals surface area contributed by atoms with Gasteiger partial charge in [0.05, 0.1) is 5.56 Å². The second kappa shape index (κ2) is 7.73. The number of hydrogen-bond donors (Lipinski definition) is 2. The quantitative estimate of drug-likeness (QED) is 0.573. The van der Waals surface area contributed by atoms with Crippen LogP contribution >= 0.6 is 11.8 Å². The Hall–Kier alpha value is -1.49. The number of anilines is 1. The predicted molar refractivity (Wildman–Crippen MR) is 73.6 cm³/mol. The maximum Gasteiger partial charge on any atom is 0.253 e. The minimum atomic E-state index is -0.131. The van der Waals surface area contributed by atoms with E-state index >= 15 is 0 Å². The maximum absolute atomic E-state index is 11.6. The van der Waals surface area contributed by atoms with Gasteiger partial charge in [-0.15, -0.1) is 6.58 Å². The van der Waals surface area contributed by atoms with E-state index in [1.54, 1.807) is 30.1 Å². The highest BCUT2D eigenvalue weighted by molar-refractivity contribution is 7.98. The van der Waals surface area contributed by atoms with Gasteiger partial charge in [-0.3, -0.25) is 4.79 Å². The summed E-state index contributed by atoms with van der Waals surface area (Å²) in [5.74, 6) is 1.69. The van der Waals surface area contributed by atoms with Gasteiger partial charge in [0, 0.05) is 25.0 Å². The van der Waals surface area contributed by atoms with E-state index in [1.807, 2.05) is 6.07 Å². The van der Waals surface area contributed by atoms with Crippen molar-refractivity contribution < 1.29 is 4.79 Å². The first kappa shape index (κ1) is 13.6. The topological polar surface area (TPSA) is 54.0 Å². The fraction of sp³-hybridized carbons (Fsp3) is 0.333. The number of nitrogens with zero attached hydrogens (tertiary/aromatic N) is 1. The smallest absolute Gasteiger partial charge is 0.253 e. The van der Waals surface area contributed by atoms with Crippen LogP contribution in [-0.4, -0.2) is 36.0 Å². The van der Waals surface area contributed by atoms with Crippen molar-refractivity contribution in [3.63, 3.8) is 0 Å². The van der Waals surface area contributed by atoms with E-state index in [9.17, 15) is 4.79 Å². The van der Waals surface area contributed by atoms with E-state index in [4.69, 9.17) is 0 Å². The van der Waals surface area contributed by atoms with Crippen LogP contribution in [0.25, 0.3) is 0 Å². The first-order chi connectivity index (χ1) is 8.27. The van der Waals surface area contributed by atoms with Gasteiger partial charge in [-0.05, 0) is 18.4 Å². The molecular weight excluding hydrogens is 234 g/mol. The van der Waals surface area contributed by atoms with Crippen molar-refractivity contribution in [3.05, 3.63) is 36.5 Å². The number of amides is 1. The number of pyridine rings is 1. The van der Waals surface area contributed by atoms with Crippen LogP contribution in [-0.2, 0) is 0 Å². The Morgan fingerprint density at radius 1 is 1.59 bits per heavy atom. The molecule has 0 aliphatic rings. The molecule has 2 N–H and O–H groups in total. The zero-order chi connectivity index (χ0) is 12.5. The van der Waals surface area contributed by atoms with Gasteiger partial charge in [0.25, 0.3) is 5.91 Å². The van der Waals surface area contributed by atoms with Gasteiger partial charge in [-0.25, -0.2) is 4.98 Å². The fourth-order valence-corrected chi connectivity index (χ4v) is 1.49. The molecule has 5 heteroatoms. The largest absolute Gasteiger partial charge is 0.369 e. The van der Waals surface area contributed by atoms with Gasteiger partial charge in [0.2, 0.25) is 0 Å². The monoisotopic (exact) mass is 251 g/mol. The van der Waals surface area contributed by atoms with Crippen molar-refractivity contribution in [2.24, 2.45) is 0 Å². The van der Waals surface area contributed by atoms with Crippen LogP contribution in [0.2, 0.25) is 0 Å². The molecule has 1 rings (SSSR count). The van der Waals surface area contributed by atoms with Gasteiger partial charge < -0.3 is 10.6 Å². The molecule has 92 valence electrons. The molecule has 0 aromatic carbocycles. The van der Waals surface area contributed by atoms with Crippen LogP contribution in [0, 0.1) is 0 Å². The molecule has 0 radical (unpaired) electrons. The van der Waals surface area contributed by atoms with E-state index < -0.39 is 0 Å². The number of carbonyl (C=O) groups excluding carboxylic acids is 1. The third-order valence-corrected chi connectivity index (χ3v) is 2.66. The molecule has 1 aromatic heterocycles. The average Bonchev–Trinajstić information content (AvgIpc) is 2.37. The van der Waals surface area contributed by atoms with Crippen molar-refractivity contribution in [2.45, 2.75) is 0 Å². The van der Waals surface area contributed by atoms with E-state index in [-0.39, 0.29) is 5.91 Å². The summed E-state index contributed by atoms with van der Waals surface area (Å²) < 4.78 is 0. The van der Waals surface area contributed by atoms with Gasteiger partial charge in [-0.2, -0.15) is 11.8 Å². The van der Waals surface area contributed by atoms with Crippen LogP contribution in [0.15, 0.2) is 31.0 Å². The standard InChI is InChI=1S/C12H17N3OS/c1-3-6-14-12(16)10-4-5-11(15-9-10)13-7-8-17-2/h3-5,9H,1,6-8H2,2H3,(H,13,15)(H,14,16). The summed E-state index contributed by atoms with van der Waals surface area (Å²) in [6, 6.07) is 3.57. The SMILES string of the molecule is C=CCNC(=O)c1ccc(NCCSC)nc1. The van der Waals surface area contributed by atoms with Gasteiger partial charge >= 0.3 is 0 Å². The Bertz CT molecular complexity index is 365. The minimum absolute atomic E-state index is 0.131. The molecule has 0 bridgehead atoms. The molecular formula is C12H17N3OS. The molecule has 4 nitrogen and oxygen atoms in total. The number of hydrogen-bond acceptors (Lipinski definition) is 4. The third kappa shape index (κ3) is 4.91. The van der Waals surface area contributed by atoms with Gasteiger partial charge in [0.15, 0.2) is 0 Å². The number of thioether (sulfide) groups is 1. The van der Waals surface area contributed by atoms with Crippen LogP contribution < -0.4 is 10.6 Å². The van der Waals surface area contributed by atoms with Crippen molar-refractivity contribution >= 4 is 23.5 Å². The molecule has 0 unspecified atom stereocenters.